The highest BCUT2D eigenvalue weighted by Crippen LogP contribution is 2.52. The summed E-state index contributed by atoms with van der Waals surface area (Å²) < 4.78 is 23.0. The third kappa shape index (κ3) is 8.40. The molecule has 0 saturated heterocycles. The molecule has 0 fully saturated rings. The molecular formula is C11H23O3PS. The fourth-order valence-corrected chi connectivity index (χ4v) is 3.66. The van der Waals surface area contributed by atoms with E-state index in [1.54, 1.807) is 17.6 Å². The van der Waals surface area contributed by atoms with Gasteiger partial charge in [0.25, 0.3) is 0 Å². The van der Waals surface area contributed by atoms with E-state index in [0.29, 0.717) is 0 Å². The van der Waals surface area contributed by atoms with Gasteiger partial charge in [0.15, 0.2) is 0 Å². The van der Waals surface area contributed by atoms with Crippen LogP contribution in [0.3, 0.4) is 0 Å². The van der Waals surface area contributed by atoms with Gasteiger partial charge in [-0.1, -0.05) is 6.92 Å². The minimum absolute atomic E-state index is 0.106. The van der Waals surface area contributed by atoms with Crippen molar-refractivity contribution in [2.75, 3.05) is 5.75 Å². The monoisotopic (exact) mass is 266 g/mol. The summed E-state index contributed by atoms with van der Waals surface area (Å²) in [5.41, 5.74) is 0. The molecule has 0 N–H and O–H groups in total. The van der Waals surface area contributed by atoms with E-state index in [0.717, 1.165) is 12.2 Å². The molecule has 3 nitrogen and oxygen atoms in total. The second kappa shape index (κ2) is 8.35. The van der Waals surface area contributed by atoms with E-state index >= 15 is 0 Å². The predicted octanol–water partition coefficient (Wildman–Crippen LogP) is 4.64. The van der Waals surface area contributed by atoms with Gasteiger partial charge in [0, 0.05) is 5.82 Å². The largest absolute Gasteiger partial charge is 0.355 e. The maximum atomic E-state index is 12.3. The molecule has 96 valence electrons. The van der Waals surface area contributed by atoms with Crippen LogP contribution < -0.4 is 0 Å². The molecule has 0 saturated carbocycles. The molecule has 0 aliphatic heterocycles. The van der Waals surface area contributed by atoms with Crippen molar-refractivity contribution in [3.8, 4) is 0 Å². The van der Waals surface area contributed by atoms with Crippen LogP contribution in [0.4, 0.5) is 0 Å². The molecule has 0 radical (unpaired) electrons. The normalized spacial score (nSPS) is 13.2. The topological polar surface area (TPSA) is 35.5 Å². The van der Waals surface area contributed by atoms with Gasteiger partial charge in [0.2, 0.25) is 0 Å². The van der Waals surface area contributed by atoms with Crippen LogP contribution in [-0.2, 0) is 13.6 Å². The van der Waals surface area contributed by atoms with E-state index < -0.39 is 7.60 Å². The van der Waals surface area contributed by atoms with Gasteiger partial charge in [-0.3, -0.25) is 4.57 Å². The maximum Gasteiger partial charge on any atom is 0.355 e. The van der Waals surface area contributed by atoms with Crippen molar-refractivity contribution in [2.24, 2.45) is 0 Å². The Morgan fingerprint density at radius 2 is 1.69 bits per heavy atom. The van der Waals surface area contributed by atoms with E-state index in [2.05, 4.69) is 6.92 Å². The first-order valence-corrected chi connectivity index (χ1v) is 8.31. The molecule has 0 unspecified atom stereocenters. The number of hydrogen-bond acceptors (Lipinski definition) is 4. The zero-order chi connectivity index (χ0) is 12.6. The Kier molecular flexibility index (Phi) is 8.47. The Bertz CT molecular complexity index is 238. The van der Waals surface area contributed by atoms with Gasteiger partial charge in [-0.2, -0.15) is 0 Å². The third-order valence-corrected chi connectivity index (χ3v) is 4.50. The molecule has 0 aromatic rings. The average Bonchev–Trinajstić information content (AvgIpc) is 2.09. The molecule has 0 aromatic heterocycles. The molecule has 0 aromatic carbocycles. The minimum atomic E-state index is -3.07. The van der Waals surface area contributed by atoms with Gasteiger partial charge in [-0.05, 0) is 45.3 Å². The zero-order valence-electron chi connectivity index (χ0n) is 10.8. The summed E-state index contributed by atoms with van der Waals surface area (Å²) in [6.07, 6.45) is 0.880. The average molecular weight is 266 g/mol. The van der Waals surface area contributed by atoms with Crippen LogP contribution in [0.1, 0.15) is 41.0 Å². The third-order valence-electron chi connectivity index (χ3n) is 1.38. The summed E-state index contributed by atoms with van der Waals surface area (Å²) in [6.45, 7) is 9.51. The second-order valence-electron chi connectivity index (χ2n) is 4.00. The van der Waals surface area contributed by atoms with E-state index in [1.165, 1.54) is 0 Å². The Morgan fingerprint density at radius 1 is 1.19 bits per heavy atom. The zero-order valence-corrected chi connectivity index (χ0v) is 12.5. The maximum absolute atomic E-state index is 12.3. The van der Waals surface area contributed by atoms with Crippen molar-refractivity contribution < 1.29 is 13.6 Å². The molecule has 0 spiro atoms. The number of hydrogen-bond donors (Lipinski definition) is 0. The highest BCUT2D eigenvalue weighted by molar-refractivity contribution is 8.02. The highest BCUT2D eigenvalue weighted by atomic mass is 32.2. The van der Waals surface area contributed by atoms with Crippen molar-refractivity contribution >= 4 is 19.4 Å². The molecule has 0 aliphatic carbocycles. The van der Waals surface area contributed by atoms with Crippen molar-refractivity contribution in [2.45, 2.75) is 53.2 Å². The fourth-order valence-electron chi connectivity index (χ4n) is 0.986. The number of rotatable bonds is 8. The quantitative estimate of drug-likeness (QED) is 0.473. The first kappa shape index (κ1) is 16.2. The summed E-state index contributed by atoms with van der Waals surface area (Å²) in [6, 6.07) is 0. The van der Waals surface area contributed by atoms with E-state index in [9.17, 15) is 4.57 Å². The lowest BCUT2D eigenvalue weighted by Crippen LogP contribution is -2.06. The molecule has 0 heterocycles. The van der Waals surface area contributed by atoms with Crippen molar-refractivity contribution in [1.29, 1.82) is 0 Å². The Morgan fingerprint density at radius 3 is 2.06 bits per heavy atom. The van der Waals surface area contributed by atoms with Gasteiger partial charge in [-0.25, -0.2) is 0 Å². The van der Waals surface area contributed by atoms with E-state index in [1.807, 2.05) is 33.1 Å². The summed E-state index contributed by atoms with van der Waals surface area (Å²) in [7, 11) is -3.07. The highest BCUT2D eigenvalue weighted by Gasteiger charge is 2.23. The lowest BCUT2D eigenvalue weighted by atomic mass is 10.5. The molecule has 0 rings (SSSR count). The molecule has 0 amide bonds. The van der Waals surface area contributed by atoms with Crippen LogP contribution in [0.25, 0.3) is 0 Å². The Labute approximate surface area is 104 Å². The molecule has 0 aliphatic rings. The first-order chi connectivity index (χ1) is 7.39. The van der Waals surface area contributed by atoms with Crippen molar-refractivity contribution in [3.63, 3.8) is 0 Å². The number of thioether (sulfide) groups is 1. The Hall–Kier alpha value is 0.240. The van der Waals surface area contributed by atoms with Gasteiger partial charge < -0.3 is 9.05 Å². The summed E-state index contributed by atoms with van der Waals surface area (Å²) >= 11 is 1.62. The lowest BCUT2D eigenvalue weighted by Gasteiger charge is -2.19. The lowest BCUT2D eigenvalue weighted by molar-refractivity contribution is 0.149. The molecular weight excluding hydrogens is 243 g/mol. The van der Waals surface area contributed by atoms with Crippen LogP contribution in [0.15, 0.2) is 11.2 Å². The van der Waals surface area contributed by atoms with Crippen LogP contribution in [-0.4, -0.2) is 18.0 Å². The summed E-state index contributed by atoms with van der Waals surface area (Å²) in [5, 5.41) is 1.81. The summed E-state index contributed by atoms with van der Waals surface area (Å²) in [4.78, 5) is 0. The van der Waals surface area contributed by atoms with Crippen LogP contribution >= 0.6 is 19.4 Å². The van der Waals surface area contributed by atoms with Gasteiger partial charge in [0.05, 0.1) is 12.2 Å². The summed E-state index contributed by atoms with van der Waals surface area (Å²) in [5.74, 6) is 2.58. The fraction of sp³-hybridized carbons (Fsp3) is 0.818. The Balaban J connectivity index is 4.41. The smallest absolute Gasteiger partial charge is 0.303 e. The first-order valence-electron chi connectivity index (χ1n) is 5.65. The van der Waals surface area contributed by atoms with Crippen LogP contribution in [0.2, 0.25) is 0 Å². The molecule has 16 heavy (non-hydrogen) atoms. The molecule has 0 atom stereocenters. The SMILES string of the molecule is CCCS/C=C/P(=O)(OC(C)C)OC(C)C. The van der Waals surface area contributed by atoms with Gasteiger partial charge in [0.1, 0.15) is 0 Å². The van der Waals surface area contributed by atoms with E-state index in [4.69, 9.17) is 9.05 Å². The molecule has 5 heteroatoms. The van der Waals surface area contributed by atoms with E-state index in [-0.39, 0.29) is 12.2 Å². The van der Waals surface area contributed by atoms with Crippen molar-refractivity contribution in [3.05, 3.63) is 11.2 Å². The predicted molar refractivity (Wildman–Crippen MR) is 71.9 cm³/mol. The minimum Gasteiger partial charge on any atom is -0.303 e. The second-order valence-corrected chi connectivity index (χ2v) is 6.82. The molecule has 0 bridgehead atoms. The van der Waals surface area contributed by atoms with Crippen LogP contribution in [0.5, 0.6) is 0 Å². The van der Waals surface area contributed by atoms with Crippen LogP contribution in [0, 0.1) is 0 Å². The standard InChI is InChI=1S/C11H23O3PS/c1-6-8-16-9-7-15(12,13-10(2)3)14-11(4)5/h7,9-11H,6,8H2,1-5H3/b9-7+. The van der Waals surface area contributed by atoms with Crippen molar-refractivity contribution in [1.82, 2.24) is 0 Å². The van der Waals surface area contributed by atoms with Gasteiger partial charge >= 0.3 is 7.60 Å². The van der Waals surface area contributed by atoms with Gasteiger partial charge in [-0.15, -0.1) is 11.8 Å².